The van der Waals surface area contributed by atoms with Gasteiger partial charge in [-0.2, -0.15) is 0 Å². The number of allylic oxidation sites excluding steroid dienone is 2. The molecule has 0 heterocycles. The lowest BCUT2D eigenvalue weighted by Crippen LogP contribution is -2.19. The summed E-state index contributed by atoms with van der Waals surface area (Å²) >= 11 is 0. The van der Waals surface area contributed by atoms with Crippen molar-refractivity contribution in [3.05, 3.63) is 24.0 Å². The predicted octanol–water partition coefficient (Wildman–Crippen LogP) is 0.924. The molecule has 0 spiro atoms. The van der Waals surface area contributed by atoms with Crippen LogP contribution in [0.3, 0.4) is 0 Å². The van der Waals surface area contributed by atoms with Gasteiger partial charge >= 0.3 is 0 Å². The normalized spacial score (nSPS) is 12.3. The quantitative estimate of drug-likeness (QED) is 0.557. The van der Waals surface area contributed by atoms with Crippen LogP contribution in [0.15, 0.2) is 24.0 Å². The second-order valence-corrected chi connectivity index (χ2v) is 2.17. The van der Waals surface area contributed by atoms with Crippen molar-refractivity contribution in [1.29, 1.82) is 0 Å². The molecule has 0 aliphatic carbocycles. The van der Waals surface area contributed by atoms with Gasteiger partial charge in [0.2, 0.25) is 0 Å². The Bertz CT molecular complexity index is 134. The molecule has 2 nitrogen and oxygen atoms in total. The van der Waals surface area contributed by atoms with Gasteiger partial charge in [-0.3, -0.25) is 0 Å². The molecule has 0 aliphatic rings. The fourth-order valence-corrected chi connectivity index (χ4v) is 0.457. The van der Waals surface area contributed by atoms with Crippen molar-refractivity contribution in [2.45, 2.75) is 6.92 Å². The minimum absolute atomic E-state index is 0.769. The van der Waals surface area contributed by atoms with Crippen LogP contribution in [0.1, 0.15) is 6.92 Å². The molecule has 0 rings (SSSR count). The topological polar surface area (TPSA) is 29.3 Å². The molecular formula is C7H14N2. The maximum atomic E-state index is 5.60. The molecule has 0 saturated heterocycles. The molecule has 0 saturated carbocycles. The minimum Gasteiger partial charge on any atom is -0.385 e. The van der Waals surface area contributed by atoms with E-state index in [9.17, 15) is 0 Å². The molecule has 9 heavy (non-hydrogen) atoms. The van der Waals surface area contributed by atoms with Crippen LogP contribution in [0.5, 0.6) is 0 Å². The minimum atomic E-state index is 0.769. The van der Waals surface area contributed by atoms with Crippen LogP contribution in [0, 0.1) is 0 Å². The van der Waals surface area contributed by atoms with E-state index in [1.54, 1.807) is 6.08 Å². The summed E-state index contributed by atoms with van der Waals surface area (Å²) in [7, 11) is 3.81. The number of nitrogens with zero attached hydrogens (tertiary/aromatic N) is 1. The Labute approximate surface area is 56.6 Å². The lowest BCUT2D eigenvalue weighted by molar-refractivity contribution is 0.501. The summed E-state index contributed by atoms with van der Waals surface area (Å²) in [4.78, 5) is 1.86. The molecule has 2 N–H and O–H groups in total. The van der Waals surface area contributed by atoms with E-state index < -0.39 is 0 Å². The Morgan fingerprint density at radius 3 is 2.11 bits per heavy atom. The highest BCUT2D eigenvalue weighted by atomic mass is 15.1. The van der Waals surface area contributed by atoms with Crippen LogP contribution in [0.25, 0.3) is 0 Å². The van der Waals surface area contributed by atoms with Crippen LogP contribution in [-0.4, -0.2) is 19.0 Å². The molecule has 0 atom stereocenters. The number of hydrogen-bond donors (Lipinski definition) is 1. The zero-order chi connectivity index (χ0) is 7.44. The third kappa shape index (κ3) is 2.22. The van der Waals surface area contributed by atoms with Crippen molar-refractivity contribution < 1.29 is 0 Å². The van der Waals surface area contributed by atoms with Crippen LogP contribution in [0.2, 0.25) is 0 Å². The second-order valence-electron chi connectivity index (χ2n) is 2.17. The Balaban J connectivity index is 4.27. The van der Waals surface area contributed by atoms with Crippen molar-refractivity contribution in [1.82, 2.24) is 4.90 Å². The Hall–Kier alpha value is -0.920. The number of nitrogens with two attached hydrogens (primary N) is 1. The first kappa shape index (κ1) is 8.08. The van der Waals surface area contributed by atoms with Gasteiger partial charge in [0.1, 0.15) is 5.82 Å². The first-order valence-electron chi connectivity index (χ1n) is 2.85. The van der Waals surface area contributed by atoms with E-state index in [-0.39, 0.29) is 0 Å². The van der Waals surface area contributed by atoms with Gasteiger partial charge < -0.3 is 10.6 Å². The van der Waals surface area contributed by atoms with E-state index in [0.717, 1.165) is 11.4 Å². The molecule has 0 aliphatic heterocycles. The SMILES string of the molecule is C=C/C(C)=C(/N)N(C)C. The molecule has 0 aromatic carbocycles. The summed E-state index contributed by atoms with van der Waals surface area (Å²) < 4.78 is 0. The molecule has 2 heteroatoms. The maximum absolute atomic E-state index is 5.60. The number of rotatable bonds is 2. The van der Waals surface area contributed by atoms with Gasteiger partial charge in [-0.1, -0.05) is 12.7 Å². The maximum Gasteiger partial charge on any atom is 0.101 e. The van der Waals surface area contributed by atoms with Gasteiger partial charge in [0.05, 0.1) is 0 Å². The summed E-state index contributed by atoms with van der Waals surface area (Å²) in [6.45, 7) is 5.53. The van der Waals surface area contributed by atoms with E-state index in [1.165, 1.54) is 0 Å². The van der Waals surface area contributed by atoms with Crippen LogP contribution >= 0.6 is 0 Å². The highest BCUT2D eigenvalue weighted by Gasteiger charge is 1.93. The van der Waals surface area contributed by atoms with Crippen LogP contribution in [-0.2, 0) is 0 Å². The summed E-state index contributed by atoms with van der Waals surface area (Å²) in [5.74, 6) is 0.769. The average Bonchev–Trinajstić information content (AvgIpc) is 1.84. The lowest BCUT2D eigenvalue weighted by atomic mass is 10.3. The molecule has 0 unspecified atom stereocenters. The highest BCUT2D eigenvalue weighted by molar-refractivity contribution is 5.17. The van der Waals surface area contributed by atoms with Gasteiger partial charge in [0, 0.05) is 14.1 Å². The smallest absolute Gasteiger partial charge is 0.101 e. The summed E-state index contributed by atoms with van der Waals surface area (Å²) in [5, 5.41) is 0. The monoisotopic (exact) mass is 126 g/mol. The van der Waals surface area contributed by atoms with Crippen LogP contribution in [0.4, 0.5) is 0 Å². The van der Waals surface area contributed by atoms with Crippen molar-refractivity contribution in [3.63, 3.8) is 0 Å². The molecule has 0 radical (unpaired) electrons. The third-order valence-corrected chi connectivity index (χ3v) is 1.19. The molecular weight excluding hydrogens is 112 g/mol. The number of hydrogen-bond acceptors (Lipinski definition) is 2. The van der Waals surface area contributed by atoms with Crippen molar-refractivity contribution in [3.8, 4) is 0 Å². The van der Waals surface area contributed by atoms with E-state index in [1.807, 2.05) is 25.9 Å². The van der Waals surface area contributed by atoms with Crippen molar-refractivity contribution >= 4 is 0 Å². The fourth-order valence-electron chi connectivity index (χ4n) is 0.457. The Morgan fingerprint density at radius 2 is 2.00 bits per heavy atom. The van der Waals surface area contributed by atoms with Crippen molar-refractivity contribution in [2.75, 3.05) is 14.1 Å². The van der Waals surface area contributed by atoms with Gasteiger partial charge in [0.15, 0.2) is 0 Å². The van der Waals surface area contributed by atoms with E-state index >= 15 is 0 Å². The van der Waals surface area contributed by atoms with Gasteiger partial charge in [-0.25, -0.2) is 0 Å². The standard InChI is InChI=1S/C7H14N2/c1-5-6(2)7(8)9(3)4/h5H,1,8H2,2-4H3/b7-6-. The first-order chi connectivity index (χ1) is 4.09. The predicted molar refractivity (Wildman–Crippen MR) is 40.8 cm³/mol. The van der Waals surface area contributed by atoms with E-state index in [0.29, 0.717) is 0 Å². The lowest BCUT2D eigenvalue weighted by Gasteiger charge is -2.13. The van der Waals surface area contributed by atoms with Crippen LogP contribution < -0.4 is 5.73 Å². The largest absolute Gasteiger partial charge is 0.385 e. The van der Waals surface area contributed by atoms with Gasteiger partial charge in [0.25, 0.3) is 0 Å². The zero-order valence-corrected chi connectivity index (χ0v) is 6.31. The van der Waals surface area contributed by atoms with Gasteiger partial charge in [-0.05, 0) is 12.5 Å². The molecule has 0 aromatic rings. The molecule has 0 aromatic heterocycles. The Kier molecular flexibility index (Phi) is 2.85. The zero-order valence-electron chi connectivity index (χ0n) is 6.31. The summed E-state index contributed by atoms with van der Waals surface area (Å²) in [5.41, 5.74) is 6.62. The summed E-state index contributed by atoms with van der Waals surface area (Å²) in [6, 6.07) is 0. The third-order valence-electron chi connectivity index (χ3n) is 1.19. The van der Waals surface area contributed by atoms with E-state index in [4.69, 9.17) is 5.73 Å². The summed E-state index contributed by atoms with van der Waals surface area (Å²) in [6.07, 6.45) is 1.75. The molecule has 0 bridgehead atoms. The fraction of sp³-hybridized carbons (Fsp3) is 0.429. The molecule has 0 fully saturated rings. The molecule has 0 amide bonds. The van der Waals surface area contributed by atoms with Crippen molar-refractivity contribution in [2.24, 2.45) is 5.73 Å². The second kappa shape index (κ2) is 3.17. The average molecular weight is 126 g/mol. The van der Waals surface area contributed by atoms with E-state index in [2.05, 4.69) is 6.58 Å². The first-order valence-corrected chi connectivity index (χ1v) is 2.85. The molecule has 52 valence electrons. The van der Waals surface area contributed by atoms with Gasteiger partial charge in [-0.15, -0.1) is 0 Å². The Morgan fingerprint density at radius 1 is 1.56 bits per heavy atom. The highest BCUT2D eigenvalue weighted by Crippen LogP contribution is 1.99.